The van der Waals surface area contributed by atoms with Gasteiger partial charge >= 0.3 is 0 Å². The number of likely N-dealkylation sites (N-methyl/N-ethyl adjacent to an activating group) is 1. The van der Waals surface area contributed by atoms with E-state index in [0.29, 0.717) is 11.4 Å². The fourth-order valence-electron chi connectivity index (χ4n) is 2.19. The van der Waals surface area contributed by atoms with Crippen molar-refractivity contribution in [3.63, 3.8) is 0 Å². The van der Waals surface area contributed by atoms with Crippen LogP contribution in [0.15, 0.2) is 39.8 Å². The van der Waals surface area contributed by atoms with Gasteiger partial charge in [-0.3, -0.25) is 4.79 Å². The minimum atomic E-state index is -3.72. The lowest BCUT2D eigenvalue weighted by molar-refractivity contribution is -0.123. The summed E-state index contributed by atoms with van der Waals surface area (Å²) in [6.07, 6.45) is 0. The van der Waals surface area contributed by atoms with Crippen molar-refractivity contribution in [2.75, 3.05) is 26.7 Å². The van der Waals surface area contributed by atoms with Gasteiger partial charge in [0.1, 0.15) is 16.3 Å². The third-order valence-electron chi connectivity index (χ3n) is 3.50. The van der Waals surface area contributed by atoms with Crippen LogP contribution in [-0.2, 0) is 14.8 Å². The van der Waals surface area contributed by atoms with Crippen LogP contribution in [0.1, 0.15) is 11.5 Å². The average Bonchev–Trinajstić information content (AvgIpc) is 2.93. The van der Waals surface area contributed by atoms with E-state index in [1.807, 2.05) is 18.2 Å². The smallest absolute Gasteiger partial charge is 0.257 e. The van der Waals surface area contributed by atoms with E-state index >= 15 is 0 Å². The minimum Gasteiger partial charge on any atom is -0.484 e. The minimum absolute atomic E-state index is 0.0636. The summed E-state index contributed by atoms with van der Waals surface area (Å²) in [4.78, 5) is 11.8. The number of ether oxygens (including phenoxy) is 1. The second-order valence-electron chi connectivity index (χ2n) is 5.43. The van der Waals surface area contributed by atoms with Gasteiger partial charge in [-0.05, 0) is 26.0 Å². The first kappa shape index (κ1) is 18.9. The number of aryl methyl sites for hydroxylation is 2. The molecule has 0 saturated carbocycles. The SMILES string of the molecule is Cc1noc(C)c1S(=O)(=O)N(C)CCNC(=O)COc1ccccc1. The Morgan fingerprint density at radius 1 is 1.28 bits per heavy atom. The van der Waals surface area contributed by atoms with Crippen molar-refractivity contribution in [3.05, 3.63) is 41.8 Å². The second-order valence-corrected chi connectivity index (χ2v) is 7.41. The molecule has 0 spiro atoms. The summed E-state index contributed by atoms with van der Waals surface area (Å²) in [5, 5.41) is 6.28. The predicted octanol–water partition coefficient (Wildman–Crippen LogP) is 1.11. The van der Waals surface area contributed by atoms with Crippen LogP contribution in [0.2, 0.25) is 0 Å². The molecule has 0 aliphatic rings. The van der Waals surface area contributed by atoms with Gasteiger partial charge in [-0.1, -0.05) is 23.4 Å². The summed E-state index contributed by atoms with van der Waals surface area (Å²) in [7, 11) is -2.28. The molecule has 0 aliphatic carbocycles. The van der Waals surface area contributed by atoms with Gasteiger partial charge in [0.05, 0.1) is 0 Å². The van der Waals surface area contributed by atoms with Crippen LogP contribution in [0.25, 0.3) is 0 Å². The number of amides is 1. The van der Waals surface area contributed by atoms with Crippen molar-refractivity contribution in [1.29, 1.82) is 0 Å². The molecular weight excluding hydrogens is 346 g/mol. The molecule has 0 aliphatic heterocycles. The normalized spacial score (nSPS) is 11.5. The molecule has 136 valence electrons. The maximum atomic E-state index is 12.5. The number of carbonyl (C=O) groups is 1. The van der Waals surface area contributed by atoms with Gasteiger partial charge in [-0.2, -0.15) is 4.31 Å². The number of hydrogen-bond acceptors (Lipinski definition) is 6. The first-order chi connectivity index (χ1) is 11.8. The van der Waals surface area contributed by atoms with E-state index < -0.39 is 10.0 Å². The molecule has 8 nitrogen and oxygen atoms in total. The van der Waals surface area contributed by atoms with Crippen molar-refractivity contribution < 1.29 is 22.5 Å². The number of nitrogens with one attached hydrogen (secondary N) is 1. The number of para-hydroxylation sites is 1. The second kappa shape index (κ2) is 8.13. The van der Waals surface area contributed by atoms with Crippen molar-refractivity contribution >= 4 is 15.9 Å². The quantitative estimate of drug-likeness (QED) is 0.750. The summed E-state index contributed by atoms with van der Waals surface area (Å²) in [6, 6.07) is 8.96. The average molecular weight is 367 g/mol. The molecule has 1 aromatic heterocycles. The largest absolute Gasteiger partial charge is 0.484 e. The van der Waals surface area contributed by atoms with Crippen molar-refractivity contribution in [3.8, 4) is 5.75 Å². The molecule has 0 saturated heterocycles. The Balaban J connectivity index is 1.82. The fourth-order valence-corrected chi connectivity index (χ4v) is 3.64. The molecule has 0 bridgehead atoms. The van der Waals surface area contributed by atoms with Crippen LogP contribution >= 0.6 is 0 Å². The van der Waals surface area contributed by atoms with Crippen molar-refractivity contribution in [2.45, 2.75) is 18.7 Å². The summed E-state index contributed by atoms with van der Waals surface area (Å²) in [6.45, 7) is 3.26. The number of rotatable bonds is 8. The molecule has 25 heavy (non-hydrogen) atoms. The van der Waals surface area contributed by atoms with Gasteiger partial charge in [0.2, 0.25) is 10.0 Å². The van der Waals surface area contributed by atoms with Crippen LogP contribution in [0.5, 0.6) is 5.75 Å². The molecule has 0 radical (unpaired) electrons. The van der Waals surface area contributed by atoms with Crippen LogP contribution in [-0.4, -0.2) is 50.5 Å². The molecule has 2 aromatic rings. The molecule has 2 rings (SSSR count). The van der Waals surface area contributed by atoms with Crippen LogP contribution < -0.4 is 10.1 Å². The molecule has 0 unspecified atom stereocenters. The maximum Gasteiger partial charge on any atom is 0.257 e. The third-order valence-corrected chi connectivity index (χ3v) is 5.60. The Morgan fingerprint density at radius 2 is 1.96 bits per heavy atom. The van der Waals surface area contributed by atoms with Gasteiger partial charge in [0.15, 0.2) is 12.4 Å². The Bertz CT molecular complexity index is 798. The molecule has 1 N–H and O–H groups in total. The first-order valence-electron chi connectivity index (χ1n) is 7.66. The predicted molar refractivity (Wildman–Crippen MR) is 90.7 cm³/mol. The Kier molecular flexibility index (Phi) is 6.16. The van der Waals surface area contributed by atoms with E-state index in [0.717, 1.165) is 4.31 Å². The zero-order chi connectivity index (χ0) is 18.4. The zero-order valence-electron chi connectivity index (χ0n) is 14.4. The highest BCUT2D eigenvalue weighted by atomic mass is 32.2. The molecule has 1 amide bonds. The monoisotopic (exact) mass is 367 g/mol. The highest BCUT2D eigenvalue weighted by Gasteiger charge is 2.28. The number of nitrogens with zero attached hydrogens (tertiary/aromatic N) is 2. The lowest BCUT2D eigenvalue weighted by atomic mass is 10.3. The zero-order valence-corrected chi connectivity index (χ0v) is 15.2. The molecule has 0 fully saturated rings. The van der Waals surface area contributed by atoms with Gasteiger partial charge < -0.3 is 14.6 Å². The number of carbonyl (C=O) groups excluding carboxylic acids is 1. The summed E-state index contributed by atoms with van der Waals surface area (Å²) in [5.41, 5.74) is 0.310. The van der Waals surface area contributed by atoms with E-state index in [4.69, 9.17) is 9.26 Å². The van der Waals surface area contributed by atoms with Gasteiger partial charge in [0, 0.05) is 20.1 Å². The van der Waals surface area contributed by atoms with E-state index in [1.54, 1.807) is 26.0 Å². The number of aromatic nitrogens is 1. The summed E-state index contributed by atoms with van der Waals surface area (Å²) >= 11 is 0. The van der Waals surface area contributed by atoms with Crippen molar-refractivity contribution in [2.24, 2.45) is 0 Å². The lowest BCUT2D eigenvalue weighted by Gasteiger charge is -2.17. The van der Waals surface area contributed by atoms with Crippen LogP contribution in [0.3, 0.4) is 0 Å². The van der Waals surface area contributed by atoms with Gasteiger partial charge in [0.25, 0.3) is 5.91 Å². The van der Waals surface area contributed by atoms with Gasteiger partial charge in [-0.25, -0.2) is 8.42 Å². The van der Waals surface area contributed by atoms with E-state index in [-0.39, 0.29) is 36.3 Å². The fraction of sp³-hybridized carbons (Fsp3) is 0.375. The summed E-state index contributed by atoms with van der Waals surface area (Å²) < 4.78 is 36.4. The molecule has 1 heterocycles. The standard InChI is InChI=1S/C16H21N3O5S/c1-12-16(13(2)24-18-12)25(21,22)19(3)10-9-17-15(20)11-23-14-7-5-4-6-8-14/h4-8H,9-11H2,1-3H3,(H,17,20). The molecule has 0 atom stereocenters. The molecule has 9 heteroatoms. The first-order valence-corrected chi connectivity index (χ1v) is 9.10. The number of hydrogen-bond donors (Lipinski definition) is 1. The lowest BCUT2D eigenvalue weighted by Crippen LogP contribution is -2.38. The number of benzene rings is 1. The summed E-state index contributed by atoms with van der Waals surface area (Å²) in [5.74, 6) is 0.507. The van der Waals surface area contributed by atoms with E-state index in [9.17, 15) is 13.2 Å². The Morgan fingerprint density at radius 3 is 2.56 bits per heavy atom. The van der Waals surface area contributed by atoms with Crippen LogP contribution in [0.4, 0.5) is 0 Å². The number of sulfonamides is 1. The molecular formula is C16H21N3O5S. The van der Waals surface area contributed by atoms with E-state index in [1.165, 1.54) is 7.05 Å². The Hall–Kier alpha value is -2.39. The maximum absolute atomic E-state index is 12.5. The van der Waals surface area contributed by atoms with Gasteiger partial charge in [-0.15, -0.1) is 0 Å². The molecule has 1 aromatic carbocycles. The Labute approximate surface area is 146 Å². The topological polar surface area (TPSA) is 102 Å². The third kappa shape index (κ3) is 4.80. The highest BCUT2D eigenvalue weighted by Crippen LogP contribution is 2.21. The van der Waals surface area contributed by atoms with E-state index in [2.05, 4.69) is 10.5 Å². The highest BCUT2D eigenvalue weighted by molar-refractivity contribution is 7.89. The van der Waals surface area contributed by atoms with Crippen LogP contribution in [0, 0.1) is 13.8 Å². The van der Waals surface area contributed by atoms with Crippen molar-refractivity contribution in [1.82, 2.24) is 14.8 Å².